The third kappa shape index (κ3) is 3.97. The van der Waals surface area contributed by atoms with Gasteiger partial charge in [-0.3, -0.25) is 4.79 Å². The molecule has 0 bridgehead atoms. The summed E-state index contributed by atoms with van der Waals surface area (Å²) in [5, 5.41) is 0.989. The highest BCUT2D eigenvalue weighted by Gasteiger charge is 2.10. The van der Waals surface area contributed by atoms with Crippen LogP contribution in [0.5, 0.6) is 0 Å². The van der Waals surface area contributed by atoms with Crippen molar-refractivity contribution < 1.29 is 13.9 Å². The Labute approximate surface area is 130 Å². The fraction of sp³-hybridized carbons (Fsp3) is 0.444. The van der Waals surface area contributed by atoms with Crippen molar-refractivity contribution in [2.24, 2.45) is 0 Å². The fourth-order valence-corrected chi connectivity index (χ4v) is 2.61. The third-order valence-electron chi connectivity index (χ3n) is 3.81. The Hall–Kier alpha value is -2.10. The first-order valence-corrected chi connectivity index (χ1v) is 7.80. The number of unbranched alkanes of at least 4 members (excludes halogenated alkanes) is 2. The van der Waals surface area contributed by atoms with Gasteiger partial charge in [0.1, 0.15) is 5.58 Å². The number of benzene rings is 1. The maximum absolute atomic E-state index is 12.1. The van der Waals surface area contributed by atoms with Crippen LogP contribution < -0.4 is 5.63 Å². The second-order valence-corrected chi connectivity index (χ2v) is 5.35. The lowest BCUT2D eigenvalue weighted by molar-refractivity contribution is -0.143. The minimum absolute atomic E-state index is 0.149. The van der Waals surface area contributed by atoms with E-state index in [1.807, 2.05) is 31.2 Å². The van der Waals surface area contributed by atoms with Crippen molar-refractivity contribution in [2.45, 2.75) is 46.0 Å². The molecule has 2 aromatic rings. The average Bonchev–Trinajstić information content (AvgIpc) is 2.50. The van der Waals surface area contributed by atoms with E-state index in [-0.39, 0.29) is 11.6 Å². The second kappa shape index (κ2) is 7.78. The van der Waals surface area contributed by atoms with Crippen molar-refractivity contribution in [2.75, 3.05) is 6.61 Å². The van der Waals surface area contributed by atoms with E-state index in [0.29, 0.717) is 25.0 Å². The molecule has 0 aliphatic heterocycles. The maximum Gasteiger partial charge on any atom is 0.339 e. The Morgan fingerprint density at radius 2 is 1.95 bits per heavy atom. The number of esters is 1. The van der Waals surface area contributed by atoms with E-state index in [2.05, 4.69) is 0 Å². The van der Waals surface area contributed by atoms with Crippen molar-refractivity contribution >= 4 is 16.9 Å². The summed E-state index contributed by atoms with van der Waals surface area (Å²) in [5.74, 6) is -0.149. The van der Waals surface area contributed by atoms with Crippen LogP contribution in [-0.2, 0) is 16.0 Å². The van der Waals surface area contributed by atoms with E-state index in [4.69, 9.17) is 9.15 Å². The molecule has 0 spiro atoms. The van der Waals surface area contributed by atoms with Gasteiger partial charge in [0.2, 0.25) is 0 Å². The number of para-hydroxylation sites is 1. The van der Waals surface area contributed by atoms with E-state index in [1.54, 1.807) is 6.92 Å². The van der Waals surface area contributed by atoms with Crippen LogP contribution in [-0.4, -0.2) is 12.6 Å². The van der Waals surface area contributed by atoms with Crippen LogP contribution in [0.25, 0.3) is 11.0 Å². The number of hydrogen-bond donors (Lipinski definition) is 0. The lowest BCUT2D eigenvalue weighted by atomic mass is 10.0. The minimum Gasteiger partial charge on any atom is -0.466 e. The van der Waals surface area contributed by atoms with Crippen LogP contribution in [0.15, 0.2) is 33.5 Å². The van der Waals surface area contributed by atoms with Gasteiger partial charge >= 0.3 is 11.6 Å². The Balaban J connectivity index is 1.95. The summed E-state index contributed by atoms with van der Waals surface area (Å²) in [6, 6.07) is 7.59. The van der Waals surface area contributed by atoms with Crippen molar-refractivity contribution in [1.29, 1.82) is 0 Å². The number of hydrogen-bond acceptors (Lipinski definition) is 4. The smallest absolute Gasteiger partial charge is 0.339 e. The predicted molar refractivity (Wildman–Crippen MR) is 86.0 cm³/mol. The average molecular weight is 302 g/mol. The van der Waals surface area contributed by atoms with Gasteiger partial charge in [0.15, 0.2) is 0 Å². The quantitative estimate of drug-likeness (QED) is 0.444. The fourth-order valence-electron chi connectivity index (χ4n) is 2.61. The monoisotopic (exact) mass is 302 g/mol. The molecule has 0 N–H and O–H groups in total. The van der Waals surface area contributed by atoms with Gasteiger partial charge in [-0.15, -0.1) is 0 Å². The van der Waals surface area contributed by atoms with Gasteiger partial charge in [0.05, 0.1) is 6.61 Å². The molecule has 0 radical (unpaired) electrons. The number of carbonyl (C=O) groups is 1. The Morgan fingerprint density at radius 1 is 1.18 bits per heavy atom. The second-order valence-electron chi connectivity index (χ2n) is 5.35. The summed E-state index contributed by atoms with van der Waals surface area (Å²) in [5.41, 5.74) is 2.13. The minimum atomic E-state index is -0.249. The van der Waals surface area contributed by atoms with Gasteiger partial charge in [-0.25, -0.2) is 4.79 Å². The van der Waals surface area contributed by atoms with Crippen LogP contribution in [0.3, 0.4) is 0 Å². The van der Waals surface area contributed by atoms with Gasteiger partial charge in [0, 0.05) is 17.4 Å². The maximum atomic E-state index is 12.1. The number of ether oxygens (including phenoxy) is 1. The predicted octanol–water partition coefficient (Wildman–Crippen LogP) is 3.77. The molecule has 1 aromatic carbocycles. The summed E-state index contributed by atoms with van der Waals surface area (Å²) in [6.45, 7) is 4.20. The molecule has 1 heterocycles. The summed E-state index contributed by atoms with van der Waals surface area (Å²) in [6.07, 6.45) is 3.67. The Bertz CT molecular complexity index is 700. The molecule has 2 rings (SSSR count). The van der Waals surface area contributed by atoms with Crippen LogP contribution in [0.4, 0.5) is 0 Å². The highest BCUT2D eigenvalue weighted by Crippen LogP contribution is 2.20. The van der Waals surface area contributed by atoms with Crippen LogP contribution in [0, 0.1) is 6.92 Å². The summed E-state index contributed by atoms with van der Waals surface area (Å²) < 4.78 is 10.3. The Kier molecular flexibility index (Phi) is 5.75. The molecule has 1 aromatic heterocycles. The standard InChI is InChI=1S/C18H22O4/c1-3-21-17(19)12-6-4-5-10-15-13(2)14-9-7-8-11-16(14)22-18(15)20/h7-9,11H,3-6,10,12H2,1-2H3. The number of aryl methyl sites for hydroxylation is 1. The molecule has 4 nitrogen and oxygen atoms in total. The molecule has 0 aliphatic carbocycles. The normalized spacial score (nSPS) is 10.8. The van der Waals surface area contributed by atoms with E-state index in [9.17, 15) is 9.59 Å². The zero-order valence-electron chi connectivity index (χ0n) is 13.2. The molecule has 4 heteroatoms. The van der Waals surface area contributed by atoms with Gasteiger partial charge in [-0.2, -0.15) is 0 Å². The molecule has 0 aliphatic rings. The Morgan fingerprint density at radius 3 is 2.73 bits per heavy atom. The molecule has 0 fully saturated rings. The first-order chi connectivity index (χ1) is 10.6. The first kappa shape index (κ1) is 16.3. The van der Waals surface area contributed by atoms with Gasteiger partial charge in [-0.05, 0) is 44.7 Å². The van der Waals surface area contributed by atoms with Crippen molar-refractivity contribution in [1.82, 2.24) is 0 Å². The van der Waals surface area contributed by atoms with E-state index < -0.39 is 0 Å². The molecular formula is C18H22O4. The largest absolute Gasteiger partial charge is 0.466 e. The molecule has 0 amide bonds. The van der Waals surface area contributed by atoms with Crippen molar-refractivity contribution in [3.05, 3.63) is 45.8 Å². The molecular weight excluding hydrogens is 280 g/mol. The van der Waals surface area contributed by atoms with Crippen LogP contribution in [0.2, 0.25) is 0 Å². The van der Waals surface area contributed by atoms with Gasteiger partial charge < -0.3 is 9.15 Å². The summed E-state index contributed by atoms with van der Waals surface area (Å²) >= 11 is 0. The molecule has 0 atom stereocenters. The molecule has 118 valence electrons. The van der Waals surface area contributed by atoms with Crippen molar-refractivity contribution in [3.63, 3.8) is 0 Å². The molecule has 0 unspecified atom stereocenters. The molecule has 0 saturated heterocycles. The zero-order chi connectivity index (χ0) is 15.9. The summed E-state index contributed by atoms with van der Waals surface area (Å²) in [7, 11) is 0. The number of rotatable bonds is 7. The highest BCUT2D eigenvalue weighted by molar-refractivity contribution is 5.80. The van der Waals surface area contributed by atoms with Gasteiger partial charge in [0.25, 0.3) is 0 Å². The van der Waals surface area contributed by atoms with Gasteiger partial charge in [-0.1, -0.05) is 24.6 Å². The number of fused-ring (bicyclic) bond motifs is 1. The van der Waals surface area contributed by atoms with Crippen LogP contribution in [0.1, 0.15) is 43.7 Å². The summed E-state index contributed by atoms with van der Waals surface area (Å²) in [4.78, 5) is 23.3. The first-order valence-electron chi connectivity index (χ1n) is 7.80. The third-order valence-corrected chi connectivity index (χ3v) is 3.81. The van der Waals surface area contributed by atoms with E-state index in [1.165, 1.54) is 0 Å². The highest BCUT2D eigenvalue weighted by atomic mass is 16.5. The lowest BCUT2D eigenvalue weighted by Crippen LogP contribution is -2.10. The SMILES string of the molecule is CCOC(=O)CCCCCc1c(C)c2ccccc2oc1=O. The van der Waals surface area contributed by atoms with E-state index in [0.717, 1.165) is 35.8 Å². The van der Waals surface area contributed by atoms with Crippen LogP contribution >= 0.6 is 0 Å². The van der Waals surface area contributed by atoms with Crippen molar-refractivity contribution in [3.8, 4) is 0 Å². The lowest BCUT2D eigenvalue weighted by Gasteiger charge is -2.07. The van der Waals surface area contributed by atoms with E-state index >= 15 is 0 Å². The zero-order valence-corrected chi connectivity index (χ0v) is 13.2. The molecule has 22 heavy (non-hydrogen) atoms. The molecule has 0 saturated carbocycles. The number of carbonyl (C=O) groups excluding carboxylic acids is 1. The topological polar surface area (TPSA) is 56.5 Å².